The number of fused-ring (bicyclic) bond motifs is 1. The van der Waals surface area contributed by atoms with Crippen LogP contribution in [0.4, 0.5) is 5.82 Å². The second-order valence-electron chi connectivity index (χ2n) is 7.78. The standard InChI is InChI=1S/C20H22N6O4/c21-17-13-18(23-9-25(17)8-11-4-2-1-3-5-11)26(10-22-13)20-15(28)14(27)16(30-20)19(29)24-12-6-7-12/h1-5,9-10,12,14-16,20-21,27-28H,6-8H2,(H,24,29)/p+1/t14-,15+,16-,20+/m0/s1. The number of aromatic nitrogens is 4. The normalized spacial score (nSPS) is 26.2. The molecule has 30 heavy (non-hydrogen) atoms. The number of benzene rings is 1. The number of hydrogen-bond donors (Lipinski definition) is 4. The predicted octanol–water partition coefficient (Wildman–Crippen LogP) is -0.753. The summed E-state index contributed by atoms with van der Waals surface area (Å²) < 4.78 is 8.99. The average Bonchev–Trinajstić information content (AvgIpc) is 3.38. The van der Waals surface area contributed by atoms with E-state index in [1.165, 1.54) is 10.9 Å². The van der Waals surface area contributed by atoms with Crippen LogP contribution in [0.3, 0.4) is 0 Å². The minimum Gasteiger partial charge on any atom is -0.387 e. The van der Waals surface area contributed by atoms with E-state index in [0.29, 0.717) is 23.5 Å². The molecule has 0 bridgehead atoms. The Labute approximate surface area is 171 Å². The Morgan fingerprint density at radius 3 is 2.73 bits per heavy atom. The van der Waals surface area contributed by atoms with Crippen molar-refractivity contribution in [3.05, 3.63) is 48.5 Å². The summed E-state index contributed by atoms with van der Waals surface area (Å²) in [4.78, 5) is 21.1. The molecule has 156 valence electrons. The van der Waals surface area contributed by atoms with Crippen molar-refractivity contribution in [3.63, 3.8) is 0 Å². The number of ether oxygens (including phenoxy) is 1. The number of aliphatic hydroxyl groups is 2. The van der Waals surface area contributed by atoms with Gasteiger partial charge in [-0.2, -0.15) is 0 Å². The third kappa shape index (κ3) is 3.28. The molecule has 1 amide bonds. The smallest absolute Gasteiger partial charge is 0.252 e. The molecule has 0 radical (unpaired) electrons. The Morgan fingerprint density at radius 1 is 1.23 bits per heavy atom. The van der Waals surface area contributed by atoms with Crippen molar-refractivity contribution in [1.82, 2.24) is 19.9 Å². The van der Waals surface area contributed by atoms with Crippen LogP contribution in [0.5, 0.6) is 0 Å². The van der Waals surface area contributed by atoms with Crippen LogP contribution in [0.1, 0.15) is 24.6 Å². The number of hydrogen-bond acceptors (Lipinski definition) is 7. The number of imidazole rings is 1. The summed E-state index contributed by atoms with van der Waals surface area (Å²) in [6, 6.07) is 9.96. The van der Waals surface area contributed by atoms with E-state index >= 15 is 0 Å². The molecule has 10 nitrogen and oxygen atoms in total. The number of nitrogen functional groups attached to an aromatic ring is 1. The van der Waals surface area contributed by atoms with Crippen LogP contribution >= 0.6 is 0 Å². The lowest BCUT2D eigenvalue weighted by molar-refractivity contribution is -0.675. The maximum atomic E-state index is 12.3. The Hall–Kier alpha value is -3.08. The molecule has 2 aliphatic rings. The van der Waals surface area contributed by atoms with Crippen molar-refractivity contribution >= 4 is 22.9 Å². The van der Waals surface area contributed by atoms with Gasteiger partial charge in [0.05, 0.1) is 6.54 Å². The number of amides is 1. The first-order chi connectivity index (χ1) is 14.5. The number of anilines is 1. The molecule has 1 aromatic carbocycles. The molecule has 3 aromatic rings. The van der Waals surface area contributed by atoms with Gasteiger partial charge in [0, 0.05) is 6.04 Å². The predicted molar refractivity (Wildman–Crippen MR) is 105 cm³/mol. The largest absolute Gasteiger partial charge is 0.387 e. The van der Waals surface area contributed by atoms with E-state index in [-0.39, 0.29) is 6.04 Å². The maximum absolute atomic E-state index is 12.3. The highest BCUT2D eigenvalue weighted by molar-refractivity contribution is 5.83. The zero-order chi connectivity index (χ0) is 20.8. The molecule has 1 aliphatic heterocycles. The van der Waals surface area contributed by atoms with E-state index in [9.17, 15) is 15.0 Å². The molecule has 4 atom stereocenters. The van der Waals surface area contributed by atoms with Crippen molar-refractivity contribution in [2.24, 2.45) is 0 Å². The highest BCUT2D eigenvalue weighted by Gasteiger charge is 2.48. The summed E-state index contributed by atoms with van der Waals surface area (Å²) in [5.74, 6) is -0.0113. The Balaban J connectivity index is 1.42. The van der Waals surface area contributed by atoms with Crippen molar-refractivity contribution in [1.29, 1.82) is 0 Å². The van der Waals surface area contributed by atoms with Gasteiger partial charge < -0.3 is 26.0 Å². The molecule has 0 spiro atoms. The van der Waals surface area contributed by atoms with Crippen LogP contribution in [0.2, 0.25) is 0 Å². The van der Waals surface area contributed by atoms with Crippen molar-refractivity contribution in [3.8, 4) is 0 Å². The van der Waals surface area contributed by atoms with Gasteiger partial charge in [0.15, 0.2) is 17.8 Å². The first-order valence-corrected chi connectivity index (χ1v) is 9.89. The molecule has 0 unspecified atom stereocenters. The lowest BCUT2D eigenvalue weighted by Gasteiger charge is -2.15. The zero-order valence-corrected chi connectivity index (χ0v) is 16.1. The van der Waals surface area contributed by atoms with E-state index in [2.05, 4.69) is 15.3 Å². The SMILES string of the molecule is Nc1c2ncn([C@@H]3O[C@H](C(=O)NC4CC4)[C@@H](O)[C@H]3O)c2nc[n+]1Cc1ccccc1. The summed E-state index contributed by atoms with van der Waals surface area (Å²) in [6.07, 6.45) is 0.0504. The van der Waals surface area contributed by atoms with Gasteiger partial charge in [-0.3, -0.25) is 9.36 Å². The van der Waals surface area contributed by atoms with Gasteiger partial charge in [-0.25, -0.2) is 9.55 Å². The lowest BCUT2D eigenvalue weighted by Crippen LogP contribution is -2.43. The molecule has 1 aliphatic carbocycles. The summed E-state index contributed by atoms with van der Waals surface area (Å²) in [7, 11) is 0. The Kier molecular flexibility index (Phi) is 4.61. The van der Waals surface area contributed by atoms with Crippen LogP contribution < -0.4 is 15.6 Å². The molecule has 5 rings (SSSR count). The highest BCUT2D eigenvalue weighted by atomic mass is 16.6. The van der Waals surface area contributed by atoms with Gasteiger partial charge in [-0.15, -0.1) is 0 Å². The van der Waals surface area contributed by atoms with E-state index in [1.807, 2.05) is 30.3 Å². The third-order valence-electron chi connectivity index (χ3n) is 5.53. The van der Waals surface area contributed by atoms with Crippen LogP contribution in [0.15, 0.2) is 43.0 Å². The van der Waals surface area contributed by atoms with E-state index in [4.69, 9.17) is 10.5 Å². The number of rotatable bonds is 5. The lowest BCUT2D eigenvalue weighted by atomic mass is 10.1. The fraction of sp³-hybridized carbons (Fsp3) is 0.400. The molecular formula is C20H23N6O4+. The van der Waals surface area contributed by atoms with Crippen LogP contribution in [-0.4, -0.2) is 55.0 Å². The second-order valence-corrected chi connectivity index (χ2v) is 7.78. The molecule has 2 fully saturated rings. The van der Waals surface area contributed by atoms with Gasteiger partial charge in [-0.05, 0) is 18.4 Å². The van der Waals surface area contributed by atoms with Crippen LogP contribution in [0, 0.1) is 0 Å². The second kappa shape index (κ2) is 7.31. The summed E-state index contributed by atoms with van der Waals surface area (Å²) >= 11 is 0. The number of nitrogens with zero attached hydrogens (tertiary/aromatic N) is 4. The fourth-order valence-corrected chi connectivity index (χ4v) is 3.70. The molecule has 3 heterocycles. The third-order valence-corrected chi connectivity index (χ3v) is 5.53. The quantitative estimate of drug-likeness (QED) is 0.405. The Bertz CT molecular complexity index is 1080. The van der Waals surface area contributed by atoms with Crippen molar-refractivity contribution in [2.75, 3.05) is 5.73 Å². The highest BCUT2D eigenvalue weighted by Crippen LogP contribution is 2.32. The van der Waals surface area contributed by atoms with E-state index < -0.39 is 30.4 Å². The van der Waals surface area contributed by atoms with Gasteiger partial charge in [0.1, 0.15) is 18.5 Å². The number of nitrogens with one attached hydrogen (secondary N) is 1. The van der Waals surface area contributed by atoms with E-state index in [0.717, 1.165) is 18.4 Å². The van der Waals surface area contributed by atoms with Crippen molar-refractivity contribution < 1.29 is 24.3 Å². The molecular weight excluding hydrogens is 388 g/mol. The van der Waals surface area contributed by atoms with Crippen LogP contribution in [0.25, 0.3) is 11.2 Å². The molecule has 2 aromatic heterocycles. The van der Waals surface area contributed by atoms with Gasteiger partial charge >= 0.3 is 0 Å². The monoisotopic (exact) mass is 411 g/mol. The number of carbonyl (C=O) groups excluding carboxylic acids is 1. The molecule has 1 saturated carbocycles. The van der Waals surface area contributed by atoms with Gasteiger partial charge in [-0.1, -0.05) is 35.3 Å². The molecule has 5 N–H and O–H groups in total. The minimum absolute atomic E-state index is 0.125. The number of nitrogens with two attached hydrogens (primary N) is 1. The molecule has 1 saturated heterocycles. The molecule has 10 heteroatoms. The minimum atomic E-state index is -1.35. The summed E-state index contributed by atoms with van der Waals surface area (Å²) in [5, 5.41) is 23.6. The van der Waals surface area contributed by atoms with Crippen molar-refractivity contribution in [2.45, 2.75) is 50.0 Å². The van der Waals surface area contributed by atoms with Crippen LogP contribution in [-0.2, 0) is 16.1 Å². The average molecular weight is 411 g/mol. The zero-order valence-electron chi connectivity index (χ0n) is 16.1. The Morgan fingerprint density at radius 2 is 2.00 bits per heavy atom. The summed E-state index contributed by atoms with van der Waals surface area (Å²) in [5.41, 5.74) is 8.22. The summed E-state index contributed by atoms with van der Waals surface area (Å²) in [6.45, 7) is 0.535. The maximum Gasteiger partial charge on any atom is 0.252 e. The van der Waals surface area contributed by atoms with Gasteiger partial charge in [0.2, 0.25) is 12.0 Å². The van der Waals surface area contributed by atoms with Gasteiger partial charge in [0.25, 0.3) is 11.7 Å². The topological polar surface area (TPSA) is 139 Å². The van der Waals surface area contributed by atoms with E-state index in [1.54, 1.807) is 10.9 Å². The number of aliphatic hydroxyl groups excluding tert-OH is 2. The number of carbonyl (C=O) groups is 1. The fourth-order valence-electron chi connectivity index (χ4n) is 3.70. The first kappa shape index (κ1) is 18.9. The first-order valence-electron chi connectivity index (χ1n) is 9.89.